The lowest BCUT2D eigenvalue weighted by Crippen LogP contribution is -2.36. The van der Waals surface area contributed by atoms with Crippen molar-refractivity contribution in [3.05, 3.63) is 52.2 Å². The van der Waals surface area contributed by atoms with Crippen molar-refractivity contribution in [3.63, 3.8) is 0 Å². The summed E-state index contributed by atoms with van der Waals surface area (Å²) in [5.74, 6) is 0.986. The SMILES string of the molecule is CC1CCN(c2nc([C@H](C)NC(=O)c3ccccn3)cc(=O)[nH]2)CC1. The molecular weight excluding hydrogens is 318 g/mol. The number of hydrogen-bond donors (Lipinski definition) is 2. The van der Waals surface area contributed by atoms with Crippen LogP contribution in [0.25, 0.3) is 0 Å². The zero-order valence-electron chi connectivity index (χ0n) is 14.5. The summed E-state index contributed by atoms with van der Waals surface area (Å²) in [6.45, 7) is 5.80. The van der Waals surface area contributed by atoms with Gasteiger partial charge in [0, 0.05) is 25.4 Å². The molecule has 1 amide bonds. The van der Waals surface area contributed by atoms with Crippen LogP contribution in [0.3, 0.4) is 0 Å². The molecule has 7 heteroatoms. The number of anilines is 1. The molecule has 1 fully saturated rings. The van der Waals surface area contributed by atoms with Gasteiger partial charge in [0.25, 0.3) is 11.5 Å². The van der Waals surface area contributed by atoms with Crippen LogP contribution in [0, 0.1) is 5.92 Å². The standard InChI is InChI=1S/C18H23N5O2/c1-12-6-9-23(10-7-12)18-21-15(11-16(24)22-18)13(2)20-17(25)14-5-3-4-8-19-14/h3-5,8,11-13H,6-7,9-10H2,1-2H3,(H,20,25)(H,21,22,24)/t13-/m0/s1. The summed E-state index contributed by atoms with van der Waals surface area (Å²) in [7, 11) is 0. The van der Waals surface area contributed by atoms with Crippen LogP contribution in [0.1, 0.15) is 48.9 Å². The van der Waals surface area contributed by atoms with Crippen LogP contribution in [0.4, 0.5) is 5.95 Å². The molecule has 0 bridgehead atoms. The van der Waals surface area contributed by atoms with E-state index in [0.29, 0.717) is 23.3 Å². The Kier molecular flexibility index (Phi) is 5.11. The summed E-state index contributed by atoms with van der Waals surface area (Å²) in [6.07, 6.45) is 3.74. The Morgan fingerprint density at radius 2 is 2.12 bits per heavy atom. The van der Waals surface area contributed by atoms with E-state index in [-0.39, 0.29) is 17.5 Å². The summed E-state index contributed by atoms with van der Waals surface area (Å²) in [5, 5.41) is 2.84. The van der Waals surface area contributed by atoms with Crippen LogP contribution in [0.5, 0.6) is 0 Å². The first-order valence-electron chi connectivity index (χ1n) is 8.61. The fraction of sp³-hybridized carbons (Fsp3) is 0.444. The summed E-state index contributed by atoms with van der Waals surface area (Å²) < 4.78 is 0. The van der Waals surface area contributed by atoms with Gasteiger partial charge in [-0.1, -0.05) is 13.0 Å². The first-order valence-corrected chi connectivity index (χ1v) is 8.61. The van der Waals surface area contributed by atoms with Crippen molar-refractivity contribution < 1.29 is 4.79 Å². The predicted molar refractivity (Wildman–Crippen MR) is 95.6 cm³/mol. The third kappa shape index (κ3) is 4.23. The minimum absolute atomic E-state index is 0.211. The first-order chi connectivity index (χ1) is 12.0. The highest BCUT2D eigenvalue weighted by atomic mass is 16.2. The molecule has 0 saturated carbocycles. The molecule has 0 aliphatic carbocycles. The van der Waals surface area contributed by atoms with Crippen molar-refractivity contribution in [1.82, 2.24) is 20.3 Å². The number of carbonyl (C=O) groups is 1. The largest absolute Gasteiger partial charge is 0.343 e. The van der Waals surface area contributed by atoms with Crippen LogP contribution >= 0.6 is 0 Å². The van der Waals surface area contributed by atoms with Gasteiger partial charge in [-0.15, -0.1) is 0 Å². The van der Waals surface area contributed by atoms with Gasteiger partial charge in [-0.05, 0) is 37.8 Å². The molecule has 1 saturated heterocycles. The van der Waals surface area contributed by atoms with Crippen LogP contribution < -0.4 is 15.8 Å². The molecular formula is C18H23N5O2. The molecule has 1 aliphatic heterocycles. The zero-order chi connectivity index (χ0) is 17.8. The Hall–Kier alpha value is -2.70. The number of amides is 1. The molecule has 25 heavy (non-hydrogen) atoms. The molecule has 2 aromatic rings. The van der Waals surface area contributed by atoms with E-state index in [1.807, 2.05) is 6.92 Å². The predicted octanol–water partition coefficient (Wildman–Crippen LogP) is 1.89. The average molecular weight is 341 g/mol. The molecule has 0 radical (unpaired) electrons. The number of nitrogens with zero attached hydrogens (tertiary/aromatic N) is 3. The normalized spacial score (nSPS) is 16.5. The van der Waals surface area contributed by atoms with Gasteiger partial charge in [0.1, 0.15) is 5.69 Å². The molecule has 1 atom stereocenters. The van der Waals surface area contributed by atoms with Crippen molar-refractivity contribution in [2.75, 3.05) is 18.0 Å². The Bertz CT molecular complexity index is 782. The van der Waals surface area contributed by atoms with E-state index in [2.05, 4.69) is 32.1 Å². The lowest BCUT2D eigenvalue weighted by molar-refractivity contribution is 0.0934. The maximum absolute atomic E-state index is 12.2. The number of rotatable bonds is 4. The number of aromatic nitrogens is 3. The molecule has 132 valence electrons. The van der Waals surface area contributed by atoms with Crippen molar-refractivity contribution in [2.24, 2.45) is 5.92 Å². The van der Waals surface area contributed by atoms with E-state index < -0.39 is 0 Å². The van der Waals surface area contributed by atoms with Crippen molar-refractivity contribution in [1.29, 1.82) is 0 Å². The van der Waals surface area contributed by atoms with Gasteiger partial charge in [-0.2, -0.15) is 0 Å². The summed E-state index contributed by atoms with van der Waals surface area (Å²) >= 11 is 0. The molecule has 0 aromatic carbocycles. The van der Waals surface area contributed by atoms with Crippen LogP contribution in [-0.4, -0.2) is 33.9 Å². The van der Waals surface area contributed by atoms with Crippen molar-refractivity contribution >= 4 is 11.9 Å². The molecule has 2 aromatic heterocycles. The first kappa shape index (κ1) is 17.1. The Morgan fingerprint density at radius 3 is 2.80 bits per heavy atom. The number of carbonyl (C=O) groups excluding carboxylic acids is 1. The Labute approximate surface area is 146 Å². The minimum Gasteiger partial charge on any atom is -0.343 e. The van der Waals surface area contributed by atoms with E-state index in [1.54, 1.807) is 24.4 Å². The number of nitrogens with one attached hydrogen (secondary N) is 2. The fourth-order valence-corrected chi connectivity index (χ4v) is 2.90. The zero-order valence-corrected chi connectivity index (χ0v) is 14.5. The van der Waals surface area contributed by atoms with E-state index in [1.165, 1.54) is 6.07 Å². The van der Waals surface area contributed by atoms with E-state index in [4.69, 9.17) is 0 Å². The van der Waals surface area contributed by atoms with Crippen molar-refractivity contribution in [3.8, 4) is 0 Å². The van der Waals surface area contributed by atoms with Gasteiger partial charge in [0.05, 0.1) is 11.7 Å². The fourth-order valence-electron chi connectivity index (χ4n) is 2.90. The lowest BCUT2D eigenvalue weighted by Gasteiger charge is -2.31. The molecule has 7 nitrogen and oxygen atoms in total. The third-order valence-electron chi connectivity index (χ3n) is 4.52. The molecule has 0 unspecified atom stereocenters. The quantitative estimate of drug-likeness (QED) is 0.886. The van der Waals surface area contributed by atoms with Gasteiger partial charge in [0.15, 0.2) is 0 Å². The van der Waals surface area contributed by atoms with Gasteiger partial charge in [0.2, 0.25) is 5.95 Å². The minimum atomic E-state index is -0.390. The van der Waals surface area contributed by atoms with Gasteiger partial charge >= 0.3 is 0 Å². The maximum Gasteiger partial charge on any atom is 0.270 e. The number of H-pyrrole nitrogens is 1. The number of pyridine rings is 1. The van der Waals surface area contributed by atoms with Crippen molar-refractivity contribution in [2.45, 2.75) is 32.7 Å². The summed E-state index contributed by atoms with van der Waals surface area (Å²) in [5.41, 5.74) is 0.670. The summed E-state index contributed by atoms with van der Waals surface area (Å²) in [4.78, 5) is 37.8. The number of hydrogen-bond acceptors (Lipinski definition) is 5. The van der Waals surface area contributed by atoms with Gasteiger partial charge in [-0.3, -0.25) is 19.6 Å². The van der Waals surface area contributed by atoms with Crippen LogP contribution in [-0.2, 0) is 0 Å². The highest BCUT2D eigenvalue weighted by Gasteiger charge is 2.20. The molecule has 2 N–H and O–H groups in total. The van der Waals surface area contributed by atoms with E-state index in [0.717, 1.165) is 25.9 Å². The molecule has 1 aliphatic rings. The monoisotopic (exact) mass is 341 g/mol. The molecule has 3 rings (SSSR count). The molecule has 0 spiro atoms. The topological polar surface area (TPSA) is 91.0 Å². The summed E-state index contributed by atoms with van der Waals surface area (Å²) in [6, 6.07) is 6.20. The van der Waals surface area contributed by atoms with E-state index >= 15 is 0 Å². The average Bonchev–Trinajstić information content (AvgIpc) is 2.62. The lowest BCUT2D eigenvalue weighted by atomic mass is 10.00. The van der Waals surface area contributed by atoms with Crippen LogP contribution in [0.15, 0.2) is 35.3 Å². The highest BCUT2D eigenvalue weighted by molar-refractivity contribution is 5.92. The van der Waals surface area contributed by atoms with E-state index in [9.17, 15) is 9.59 Å². The number of piperidine rings is 1. The second-order valence-electron chi connectivity index (χ2n) is 6.57. The second-order valence-corrected chi connectivity index (χ2v) is 6.57. The van der Waals surface area contributed by atoms with Gasteiger partial charge in [-0.25, -0.2) is 4.98 Å². The highest BCUT2D eigenvalue weighted by Crippen LogP contribution is 2.20. The maximum atomic E-state index is 12.2. The Morgan fingerprint density at radius 1 is 1.36 bits per heavy atom. The Balaban J connectivity index is 1.75. The van der Waals surface area contributed by atoms with Gasteiger partial charge < -0.3 is 10.2 Å². The second kappa shape index (κ2) is 7.46. The molecule has 3 heterocycles. The smallest absolute Gasteiger partial charge is 0.270 e. The number of aromatic amines is 1. The third-order valence-corrected chi connectivity index (χ3v) is 4.52. The van der Waals surface area contributed by atoms with Crippen LogP contribution in [0.2, 0.25) is 0 Å².